The second kappa shape index (κ2) is 13.4. The molecule has 2 N–H and O–H groups in total. The highest BCUT2D eigenvalue weighted by molar-refractivity contribution is 14.0. The standard InChI is InChI=1S/C23H31F2N5O.HI/c1-26-23(28-17-18-16-19(24)4-9-22(18)25)27-10-3-11-29-12-14-30(15-13-29)20-5-7-21(31-2)8-6-20;/h4-9,16H,3,10-15,17H2,1-2H3,(H2,26,27,28);1H. The lowest BCUT2D eigenvalue weighted by molar-refractivity contribution is 0.255. The van der Waals surface area contributed by atoms with Crippen molar-refractivity contribution in [3.63, 3.8) is 0 Å². The Morgan fingerprint density at radius 1 is 1.03 bits per heavy atom. The second-order valence-corrected chi connectivity index (χ2v) is 7.47. The van der Waals surface area contributed by atoms with Gasteiger partial charge in [-0.05, 0) is 55.4 Å². The molecule has 1 heterocycles. The molecule has 6 nitrogen and oxygen atoms in total. The van der Waals surface area contributed by atoms with Gasteiger partial charge in [-0.3, -0.25) is 9.89 Å². The summed E-state index contributed by atoms with van der Waals surface area (Å²) in [5.41, 5.74) is 1.50. The van der Waals surface area contributed by atoms with Gasteiger partial charge in [-0.2, -0.15) is 0 Å². The van der Waals surface area contributed by atoms with Gasteiger partial charge in [0.15, 0.2) is 5.96 Å². The Bertz CT molecular complexity index is 858. The quantitative estimate of drug-likeness (QED) is 0.225. The third kappa shape index (κ3) is 7.77. The minimum atomic E-state index is -0.451. The van der Waals surface area contributed by atoms with Crippen LogP contribution in [0.25, 0.3) is 0 Å². The van der Waals surface area contributed by atoms with E-state index >= 15 is 0 Å². The Morgan fingerprint density at radius 3 is 2.41 bits per heavy atom. The van der Waals surface area contributed by atoms with Gasteiger partial charge < -0.3 is 20.3 Å². The van der Waals surface area contributed by atoms with Gasteiger partial charge in [-0.25, -0.2) is 8.78 Å². The van der Waals surface area contributed by atoms with Crippen LogP contribution in [0.3, 0.4) is 0 Å². The molecule has 0 saturated carbocycles. The zero-order chi connectivity index (χ0) is 22.1. The van der Waals surface area contributed by atoms with Crippen LogP contribution in [-0.4, -0.2) is 64.3 Å². The summed E-state index contributed by atoms with van der Waals surface area (Å²) in [5.74, 6) is 0.569. The summed E-state index contributed by atoms with van der Waals surface area (Å²) in [5, 5.41) is 6.26. The molecular formula is C23H32F2IN5O. The van der Waals surface area contributed by atoms with E-state index in [0.29, 0.717) is 5.96 Å². The number of nitrogens with one attached hydrogen (secondary N) is 2. The van der Waals surface area contributed by atoms with E-state index < -0.39 is 11.6 Å². The van der Waals surface area contributed by atoms with Crippen LogP contribution in [0.1, 0.15) is 12.0 Å². The topological polar surface area (TPSA) is 52.1 Å². The summed E-state index contributed by atoms with van der Waals surface area (Å²) in [6.07, 6.45) is 0.970. The van der Waals surface area contributed by atoms with E-state index in [-0.39, 0.29) is 36.1 Å². The highest BCUT2D eigenvalue weighted by Gasteiger charge is 2.16. The molecule has 1 aliphatic heterocycles. The van der Waals surface area contributed by atoms with E-state index in [2.05, 4.69) is 37.6 Å². The van der Waals surface area contributed by atoms with Crippen LogP contribution in [0, 0.1) is 11.6 Å². The van der Waals surface area contributed by atoms with Gasteiger partial charge in [0.25, 0.3) is 0 Å². The van der Waals surface area contributed by atoms with E-state index in [4.69, 9.17) is 4.74 Å². The van der Waals surface area contributed by atoms with Crippen LogP contribution >= 0.6 is 24.0 Å². The lowest BCUT2D eigenvalue weighted by Gasteiger charge is -2.36. The first-order valence-corrected chi connectivity index (χ1v) is 10.6. The molecule has 9 heteroatoms. The van der Waals surface area contributed by atoms with Gasteiger partial charge in [-0.15, -0.1) is 24.0 Å². The average Bonchev–Trinajstić information content (AvgIpc) is 2.81. The minimum absolute atomic E-state index is 0. The van der Waals surface area contributed by atoms with Crippen molar-refractivity contribution in [1.29, 1.82) is 0 Å². The van der Waals surface area contributed by atoms with Crippen LogP contribution < -0.4 is 20.3 Å². The first-order valence-electron chi connectivity index (χ1n) is 10.6. The Balaban J connectivity index is 0.00000363. The Hall–Kier alpha value is -2.14. The summed E-state index contributed by atoms with van der Waals surface area (Å²) in [6.45, 7) is 5.99. The number of guanidine groups is 1. The number of benzene rings is 2. The predicted octanol–water partition coefficient (Wildman–Crippen LogP) is 3.47. The lowest BCUT2D eigenvalue weighted by Crippen LogP contribution is -2.47. The van der Waals surface area contributed by atoms with Crippen LogP contribution in [0.4, 0.5) is 14.5 Å². The number of rotatable bonds is 8. The first kappa shape index (κ1) is 26.1. The van der Waals surface area contributed by atoms with Gasteiger partial charge in [0, 0.05) is 57.6 Å². The maximum atomic E-state index is 13.7. The highest BCUT2D eigenvalue weighted by atomic mass is 127. The molecular weight excluding hydrogens is 527 g/mol. The number of hydrogen-bond donors (Lipinski definition) is 2. The molecule has 1 aliphatic rings. The lowest BCUT2D eigenvalue weighted by atomic mass is 10.2. The molecule has 32 heavy (non-hydrogen) atoms. The molecule has 0 amide bonds. The van der Waals surface area contributed by atoms with E-state index in [1.54, 1.807) is 14.2 Å². The van der Waals surface area contributed by atoms with Gasteiger partial charge in [0.1, 0.15) is 17.4 Å². The van der Waals surface area contributed by atoms with Crippen molar-refractivity contribution in [3.05, 3.63) is 59.7 Å². The molecule has 2 aromatic rings. The fourth-order valence-corrected chi connectivity index (χ4v) is 3.61. The van der Waals surface area contributed by atoms with Gasteiger partial charge >= 0.3 is 0 Å². The Morgan fingerprint density at radius 2 is 1.75 bits per heavy atom. The van der Waals surface area contributed by atoms with Crippen molar-refractivity contribution in [2.24, 2.45) is 4.99 Å². The van der Waals surface area contributed by atoms with Crippen LogP contribution in [-0.2, 0) is 6.54 Å². The van der Waals surface area contributed by atoms with Crippen molar-refractivity contribution >= 4 is 35.6 Å². The van der Waals surface area contributed by atoms with Crippen molar-refractivity contribution < 1.29 is 13.5 Å². The molecule has 0 aromatic heterocycles. The van der Waals surface area contributed by atoms with E-state index in [9.17, 15) is 8.78 Å². The Kier molecular flexibility index (Phi) is 10.9. The molecule has 3 rings (SSSR count). The third-order valence-electron chi connectivity index (χ3n) is 5.43. The summed E-state index contributed by atoms with van der Waals surface area (Å²) in [4.78, 5) is 9.00. The average molecular weight is 559 g/mol. The first-order chi connectivity index (χ1) is 15.1. The third-order valence-corrected chi connectivity index (χ3v) is 5.43. The molecule has 0 atom stereocenters. The Labute approximate surface area is 206 Å². The zero-order valence-corrected chi connectivity index (χ0v) is 20.9. The fourth-order valence-electron chi connectivity index (χ4n) is 3.61. The number of aliphatic imine (C=N–C) groups is 1. The molecule has 1 saturated heterocycles. The summed E-state index contributed by atoms with van der Waals surface area (Å²) < 4.78 is 32.2. The summed E-state index contributed by atoms with van der Waals surface area (Å²) in [7, 11) is 3.34. The number of hydrogen-bond acceptors (Lipinski definition) is 4. The van der Waals surface area contributed by atoms with Crippen LogP contribution in [0.5, 0.6) is 5.75 Å². The number of halogens is 3. The number of anilines is 1. The van der Waals surface area contributed by atoms with Crippen LogP contribution in [0.2, 0.25) is 0 Å². The number of nitrogens with zero attached hydrogens (tertiary/aromatic N) is 3. The molecule has 0 radical (unpaired) electrons. The maximum Gasteiger partial charge on any atom is 0.191 e. The number of methoxy groups -OCH3 is 1. The minimum Gasteiger partial charge on any atom is -0.497 e. The largest absolute Gasteiger partial charge is 0.497 e. The molecule has 0 unspecified atom stereocenters. The normalized spacial score (nSPS) is 14.6. The maximum absolute atomic E-state index is 13.7. The zero-order valence-electron chi connectivity index (χ0n) is 18.6. The van der Waals surface area contributed by atoms with E-state index in [1.807, 2.05) is 12.1 Å². The molecule has 2 aromatic carbocycles. The van der Waals surface area contributed by atoms with Crippen molar-refractivity contribution in [3.8, 4) is 5.75 Å². The molecule has 1 fully saturated rings. The number of piperazine rings is 1. The molecule has 176 valence electrons. The van der Waals surface area contributed by atoms with E-state index in [1.165, 1.54) is 11.8 Å². The summed E-state index contributed by atoms with van der Waals surface area (Å²) >= 11 is 0. The second-order valence-electron chi connectivity index (χ2n) is 7.47. The smallest absolute Gasteiger partial charge is 0.191 e. The van der Waals surface area contributed by atoms with Crippen molar-refractivity contribution in [2.45, 2.75) is 13.0 Å². The predicted molar refractivity (Wildman–Crippen MR) is 136 cm³/mol. The fraction of sp³-hybridized carbons (Fsp3) is 0.435. The van der Waals surface area contributed by atoms with E-state index in [0.717, 1.165) is 63.6 Å². The molecule has 0 spiro atoms. The molecule has 0 aliphatic carbocycles. The summed E-state index contributed by atoms with van der Waals surface area (Å²) in [6, 6.07) is 11.6. The van der Waals surface area contributed by atoms with Crippen molar-refractivity contribution in [1.82, 2.24) is 15.5 Å². The monoisotopic (exact) mass is 559 g/mol. The van der Waals surface area contributed by atoms with Gasteiger partial charge in [0.05, 0.1) is 7.11 Å². The van der Waals surface area contributed by atoms with Crippen LogP contribution in [0.15, 0.2) is 47.5 Å². The molecule has 0 bridgehead atoms. The SMILES string of the molecule is CN=C(NCCCN1CCN(c2ccc(OC)cc2)CC1)NCc1cc(F)ccc1F.I. The number of ether oxygens (including phenoxy) is 1. The van der Waals surface area contributed by atoms with Gasteiger partial charge in [-0.1, -0.05) is 0 Å². The van der Waals surface area contributed by atoms with Crippen molar-refractivity contribution in [2.75, 3.05) is 58.3 Å². The highest BCUT2D eigenvalue weighted by Crippen LogP contribution is 2.20. The van der Waals surface area contributed by atoms with Gasteiger partial charge in [0.2, 0.25) is 0 Å².